The number of amides is 1. The normalized spacial score (nSPS) is 27.5. The minimum Gasteiger partial charge on any atom is -0.338 e. The monoisotopic (exact) mass is 245 g/mol. The lowest BCUT2D eigenvalue weighted by Crippen LogP contribution is -2.38. The molecule has 0 aromatic carbocycles. The van der Waals surface area contributed by atoms with Crippen molar-refractivity contribution in [3.05, 3.63) is 30.1 Å². The van der Waals surface area contributed by atoms with Crippen LogP contribution in [0.2, 0.25) is 0 Å². The zero-order valence-electron chi connectivity index (χ0n) is 10.7. The number of nitrogens with zero attached hydrogens (tertiary/aromatic N) is 3. The Balaban J connectivity index is 1.69. The summed E-state index contributed by atoms with van der Waals surface area (Å²) < 4.78 is 0. The van der Waals surface area contributed by atoms with E-state index < -0.39 is 0 Å². The van der Waals surface area contributed by atoms with E-state index in [2.05, 4.69) is 16.0 Å². The molecule has 96 valence electrons. The zero-order valence-corrected chi connectivity index (χ0v) is 10.7. The van der Waals surface area contributed by atoms with Crippen LogP contribution in [-0.4, -0.2) is 45.9 Å². The maximum absolute atomic E-state index is 11.5. The van der Waals surface area contributed by atoms with Crippen LogP contribution in [0.25, 0.3) is 0 Å². The van der Waals surface area contributed by atoms with Crippen molar-refractivity contribution < 1.29 is 4.79 Å². The van der Waals surface area contributed by atoms with E-state index in [4.69, 9.17) is 0 Å². The number of carbonyl (C=O) groups is 1. The molecule has 0 radical (unpaired) electrons. The van der Waals surface area contributed by atoms with Crippen molar-refractivity contribution in [2.45, 2.75) is 38.4 Å². The van der Waals surface area contributed by atoms with Gasteiger partial charge in [-0.2, -0.15) is 0 Å². The van der Waals surface area contributed by atoms with Gasteiger partial charge >= 0.3 is 0 Å². The first-order chi connectivity index (χ1) is 8.75. The fourth-order valence-corrected chi connectivity index (χ4v) is 3.36. The van der Waals surface area contributed by atoms with Crippen LogP contribution in [0.1, 0.15) is 25.5 Å². The molecule has 3 rings (SSSR count). The lowest BCUT2D eigenvalue weighted by Gasteiger charge is -2.24. The number of rotatable bonds is 2. The molecule has 18 heavy (non-hydrogen) atoms. The fourth-order valence-electron chi connectivity index (χ4n) is 3.36. The SMILES string of the molecule is CC(=O)N1CC[C@H]2[C@H]1CCN2Cc1ccccn1. The van der Waals surface area contributed by atoms with E-state index in [1.54, 1.807) is 6.92 Å². The van der Waals surface area contributed by atoms with Crippen LogP contribution >= 0.6 is 0 Å². The summed E-state index contributed by atoms with van der Waals surface area (Å²) in [4.78, 5) is 20.5. The van der Waals surface area contributed by atoms with Gasteiger partial charge in [0, 0.05) is 44.8 Å². The van der Waals surface area contributed by atoms with Crippen molar-refractivity contribution in [2.75, 3.05) is 13.1 Å². The van der Waals surface area contributed by atoms with E-state index in [9.17, 15) is 4.79 Å². The van der Waals surface area contributed by atoms with Crippen LogP contribution in [-0.2, 0) is 11.3 Å². The molecule has 4 nitrogen and oxygen atoms in total. The van der Waals surface area contributed by atoms with Gasteiger partial charge in [-0.15, -0.1) is 0 Å². The van der Waals surface area contributed by atoms with Gasteiger partial charge < -0.3 is 4.90 Å². The highest BCUT2D eigenvalue weighted by molar-refractivity contribution is 5.74. The average molecular weight is 245 g/mol. The van der Waals surface area contributed by atoms with Crippen LogP contribution in [0.5, 0.6) is 0 Å². The Morgan fingerprint density at radius 2 is 2.17 bits per heavy atom. The summed E-state index contributed by atoms with van der Waals surface area (Å²) in [7, 11) is 0. The topological polar surface area (TPSA) is 36.4 Å². The molecule has 0 saturated carbocycles. The molecule has 0 bridgehead atoms. The summed E-state index contributed by atoms with van der Waals surface area (Å²) in [6.45, 7) is 4.59. The molecule has 1 aromatic heterocycles. The van der Waals surface area contributed by atoms with Gasteiger partial charge in [0.25, 0.3) is 0 Å². The third kappa shape index (κ3) is 2.01. The van der Waals surface area contributed by atoms with E-state index >= 15 is 0 Å². The van der Waals surface area contributed by atoms with Crippen LogP contribution in [0, 0.1) is 0 Å². The van der Waals surface area contributed by atoms with Crippen molar-refractivity contribution in [1.29, 1.82) is 0 Å². The zero-order chi connectivity index (χ0) is 12.5. The van der Waals surface area contributed by atoms with Crippen molar-refractivity contribution >= 4 is 5.91 Å². The number of likely N-dealkylation sites (tertiary alicyclic amines) is 2. The molecule has 2 fully saturated rings. The second kappa shape index (κ2) is 4.69. The predicted molar refractivity (Wildman–Crippen MR) is 68.8 cm³/mol. The third-order valence-electron chi connectivity index (χ3n) is 4.19. The van der Waals surface area contributed by atoms with Crippen LogP contribution in [0.3, 0.4) is 0 Å². The Morgan fingerprint density at radius 1 is 1.33 bits per heavy atom. The molecule has 4 heteroatoms. The summed E-state index contributed by atoms with van der Waals surface area (Å²) in [5.74, 6) is 0.224. The Labute approximate surface area is 108 Å². The molecular weight excluding hydrogens is 226 g/mol. The number of hydrogen-bond acceptors (Lipinski definition) is 3. The lowest BCUT2D eigenvalue weighted by atomic mass is 10.1. The molecule has 0 unspecified atom stereocenters. The van der Waals surface area contributed by atoms with Crippen molar-refractivity contribution in [3.8, 4) is 0 Å². The highest BCUT2D eigenvalue weighted by Crippen LogP contribution is 2.32. The molecular formula is C14H19N3O. The summed E-state index contributed by atoms with van der Waals surface area (Å²) in [5, 5.41) is 0. The van der Waals surface area contributed by atoms with Gasteiger partial charge in [0.05, 0.1) is 5.69 Å². The van der Waals surface area contributed by atoms with Crippen LogP contribution < -0.4 is 0 Å². The minimum absolute atomic E-state index is 0.224. The van der Waals surface area contributed by atoms with Gasteiger partial charge in [-0.05, 0) is 25.0 Å². The number of fused-ring (bicyclic) bond motifs is 1. The van der Waals surface area contributed by atoms with E-state index in [1.807, 2.05) is 23.2 Å². The minimum atomic E-state index is 0.224. The molecule has 3 heterocycles. The Hall–Kier alpha value is -1.42. The average Bonchev–Trinajstić information content (AvgIpc) is 2.93. The second-order valence-corrected chi connectivity index (χ2v) is 5.22. The van der Waals surface area contributed by atoms with Crippen LogP contribution in [0.4, 0.5) is 0 Å². The van der Waals surface area contributed by atoms with Gasteiger partial charge in [0.2, 0.25) is 5.91 Å². The van der Waals surface area contributed by atoms with E-state index in [0.29, 0.717) is 12.1 Å². The summed E-state index contributed by atoms with van der Waals surface area (Å²) in [6.07, 6.45) is 4.06. The van der Waals surface area contributed by atoms with Gasteiger partial charge in [0.15, 0.2) is 0 Å². The fraction of sp³-hybridized carbons (Fsp3) is 0.571. The quantitative estimate of drug-likeness (QED) is 0.787. The number of hydrogen-bond donors (Lipinski definition) is 0. The first-order valence-corrected chi connectivity index (χ1v) is 6.67. The molecule has 2 aliphatic rings. The Kier molecular flexibility index (Phi) is 3.04. The van der Waals surface area contributed by atoms with Gasteiger partial charge in [-0.25, -0.2) is 0 Å². The first-order valence-electron chi connectivity index (χ1n) is 6.67. The van der Waals surface area contributed by atoms with Gasteiger partial charge in [-0.1, -0.05) is 6.07 Å². The largest absolute Gasteiger partial charge is 0.338 e. The lowest BCUT2D eigenvalue weighted by molar-refractivity contribution is -0.129. The van der Waals surface area contributed by atoms with Crippen molar-refractivity contribution in [2.24, 2.45) is 0 Å². The highest BCUT2D eigenvalue weighted by atomic mass is 16.2. The molecule has 1 aromatic rings. The highest BCUT2D eigenvalue weighted by Gasteiger charge is 2.43. The van der Waals surface area contributed by atoms with Crippen molar-refractivity contribution in [3.63, 3.8) is 0 Å². The molecule has 2 aliphatic heterocycles. The van der Waals surface area contributed by atoms with Crippen molar-refractivity contribution in [1.82, 2.24) is 14.8 Å². The molecule has 2 atom stereocenters. The standard InChI is InChI=1S/C14H19N3O/c1-11(18)17-9-6-13-14(17)5-8-16(13)10-12-4-2-3-7-15-12/h2-4,7,13-14H,5-6,8-10H2,1H3/t13-,14+/m0/s1. The van der Waals surface area contributed by atoms with Crippen LogP contribution in [0.15, 0.2) is 24.4 Å². The molecule has 2 saturated heterocycles. The number of pyridine rings is 1. The molecule has 0 spiro atoms. The van der Waals surface area contributed by atoms with Gasteiger partial charge in [-0.3, -0.25) is 14.7 Å². The molecule has 0 aliphatic carbocycles. The van der Waals surface area contributed by atoms with E-state index in [0.717, 1.165) is 38.2 Å². The maximum atomic E-state index is 11.5. The summed E-state index contributed by atoms with van der Waals surface area (Å²) in [5.41, 5.74) is 1.12. The third-order valence-corrected chi connectivity index (χ3v) is 4.19. The maximum Gasteiger partial charge on any atom is 0.219 e. The van der Waals surface area contributed by atoms with Gasteiger partial charge in [0.1, 0.15) is 0 Å². The first kappa shape index (κ1) is 11.7. The Morgan fingerprint density at radius 3 is 2.89 bits per heavy atom. The molecule has 0 N–H and O–H groups in total. The van der Waals surface area contributed by atoms with E-state index in [-0.39, 0.29) is 5.91 Å². The summed E-state index contributed by atoms with van der Waals surface area (Å²) in [6, 6.07) is 7.03. The number of carbonyl (C=O) groups excluding carboxylic acids is 1. The van der Waals surface area contributed by atoms with E-state index in [1.165, 1.54) is 0 Å². The smallest absolute Gasteiger partial charge is 0.219 e. The predicted octanol–water partition coefficient (Wildman–Crippen LogP) is 1.28. The molecule has 1 amide bonds. The second-order valence-electron chi connectivity index (χ2n) is 5.22. The Bertz CT molecular complexity index is 434. The number of aromatic nitrogens is 1. The summed E-state index contributed by atoms with van der Waals surface area (Å²) >= 11 is 0.